The number of hydrogen-bond acceptors (Lipinski definition) is 4. The van der Waals surface area contributed by atoms with Gasteiger partial charge in [-0.1, -0.05) is 80.1 Å². The molecule has 32 heavy (non-hydrogen) atoms. The number of nitrogens with zero attached hydrogens (tertiary/aromatic N) is 4. The van der Waals surface area contributed by atoms with Crippen LogP contribution in [0.1, 0.15) is 119 Å². The molecule has 0 amide bonds. The van der Waals surface area contributed by atoms with Gasteiger partial charge in [-0.15, -0.1) is 18.7 Å². The quantitative estimate of drug-likeness (QED) is 0.181. The SMILES string of the molecule is CCCCN(CCCC)[P+](N(C)C)(N(CCCC)CCCC)N(CCCC)CCCC.[Br-]. The van der Waals surface area contributed by atoms with Crippen molar-refractivity contribution in [1.29, 1.82) is 0 Å². The summed E-state index contributed by atoms with van der Waals surface area (Å²) in [4.78, 5) is 0. The average Bonchev–Trinajstić information content (AvgIpc) is 2.77. The molecular weight excluding hydrogens is 479 g/mol. The lowest BCUT2D eigenvalue weighted by Gasteiger charge is -2.50. The van der Waals surface area contributed by atoms with Gasteiger partial charge in [0.1, 0.15) is 0 Å². The number of halogens is 1. The van der Waals surface area contributed by atoms with E-state index in [9.17, 15) is 0 Å². The summed E-state index contributed by atoms with van der Waals surface area (Å²) >= 11 is 0. The van der Waals surface area contributed by atoms with E-state index >= 15 is 0 Å². The zero-order chi connectivity index (χ0) is 23.5. The highest BCUT2D eigenvalue weighted by molar-refractivity contribution is 7.66. The Bertz CT molecular complexity index is 324. The Morgan fingerprint density at radius 1 is 0.406 bits per heavy atom. The van der Waals surface area contributed by atoms with E-state index < -0.39 is 7.87 Å². The van der Waals surface area contributed by atoms with Crippen LogP contribution in [0, 0.1) is 0 Å². The summed E-state index contributed by atoms with van der Waals surface area (Å²) in [6.07, 6.45) is 15.5. The zero-order valence-electron chi connectivity index (χ0n) is 23.3. The van der Waals surface area contributed by atoms with Crippen molar-refractivity contribution in [1.82, 2.24) is 18.7 Å². The van der Waals surface area contributed by atoms with Crippen LogP contribution in [0.5, 0.6) is 0 Å². The fraction of sp³-hybridized carbons (Fsp3) is 1.00. The molecule has 0 aromatic rings. The number of unbranched alkanes of at least 4 members (excludes halogenated alkanes) is 6. The Morgan fingerprint density at radius 2 is 0.594 bits per heavy atom. The molecule has 0 aromatic carbocycles. The Morgan fingerprint density at radius 3 is 0.719 bits per heavy atom. The molecule has 0 saturated heterocycles. The largest absolute Gasteiger partial charge is 1.00 e. The molecule has 0 atom stereocenters. The van der Waals surface area contributed by atoms with E-state index in [0.717, 1.165) is 0 Å². The lowest BCUT2D eigenvalue weighted by Crippen LogP contribution is -3.00. The summed E-state index contributed by atoms with van der Waals surface area (Å²) in [5.74, 6) is 0. The lowest BCUT2D eigenvalue weighted by molar-refractivity contribution is -0.00000748. The first-order valence-corrected chi connectivity index (χ1v) is 15.4. The van der Waals surface area contributed by atoms with Crippen molar-refractivity contribution >= 4 is 7.87 Å². The van der Waals surface area contributed by atoms with Gasteiger partial charge in [0.25, 0.3) is 0 Å². The predicted molar refractivity (Wildman–Crippen MR) is 145 cm³/mol. The second kappa shape index (κ2) is 22.2. The van der Waals surface area contributed by atoms with E-state index in [2.05, 4.69) is 74.3 Å². The van der Waals surface area contributed by atoms with Crippen molar-refractivity contribution in [2.24, 2.45) is 0 Å². The van der Waals surface area contributed by atoms with Gasteiger partial charge in [0.15, 0.2) is 0 Å². The monoisotopic (exact) mass is 538 g/mol. The summed E-state index contributed by atoms with van der Waals surface area (Å²) in [5, 5.41) is 0. The molecule has 0 saturated carbocycles. The van der Waals surface area contributed by atoms with Crippen molar-refractivity contribution in [2.75, 3.05) is 53.4 Å². The zero-order valence-corrected chi connectivity index (χ0v) is 25.8. The molecule has 196 valence electrons. The molecule has 0 spiro atoms. The smallest absolute Gasteiger partial charge is 0.308 e. The van der Waals surface area contributed by atoms with E-state index in [-0.39, 0.29) is 17.0 Å². The maximum absolute atomic E-state index is 2.98. The van der Waals surface area contributed by atoms with E-state index in [1.807, 2.05) is 0 Å². The minimum Gasteiger partial charge on any atom is -1.00 e. The number of hydrogen-bond donors (Lipinski definition) is 0. The van der Waals surface area contributed by atoms with E-state index in [0.29, 0.717) is 0 Å². The van der Waals surface area contributed by atoms with Gasteiger partial charge < -0.3 is 17.0 Å². The predicted octanol–water partition coefficient (Wildman–Crippen LogP) is 4.94. The third-order valence-electron chi connectivity index (χ3n) is 6.29. The first-order chi connectivity index (χ1) is 15.0. The van der Waals surface area contributed by atoms with Gasteiger partial charge in [0.2, 0.25) is 0 Å². The van der Waals surface area contributed by atoms with Crippen LogP contribution in [0.15, 0.2) is 0 Å². The van der Waals surface area contributed by atoms with Crippen molar-refractivity contribution in [3.63, 3.8) is 0 Å². The summed E-state index contributed by atoms with van der Waals surface area (Å²) < 4.78 is 11.6. The highest BCUT2D eigenvalue weighted by Gasteiger charge is 2.58. The molecule has 0 fully saturated rings. The fourth-order valence-electron chi connectivity index (χ4n) is 4.48. The average molecular weight is 540 g/mol. The topological polar surface area (TPSA) is 13.0 Å². The van der Waals surface area contributed by atoms with Gasteiger partial charge in [0, 0.05) is 53.4 Å². The van der Waals surface area contributed by atoms with Crippen LogP contribution in [0.3, 0.4) is 0 Å². The maximum atomic E-state index is 2.98. The van der Waals surface area contributed by atoms with Crippen LogP contribution in [0.4, 0.5) is 0 Å². The van der Waals surface area contributed by atoms with Crippen LogP contribution in [-0.4, -0.2) is 72.0 Å². The highest BCUT2D eigenvalue weighted by atomic mass is 79.9. The van der Waals surface area contributed by atoms with Crippen molar-refractivity contribution in [3.8, 4) is 0 Å². The minimum absolute atomic E-state index is 0. The van der Waals surface area contributed by atoms with E-state index in [4.69, 9.17) is 0 Å². The van der Waals surface area contributed by atoms with Crippen LogP contribution in [-0.2, 0) is 0 Å². The van der Waals surface area contributed by atoms with E-state index in [1.54, 1.807) is 0 Å². The Kier molecular flexibility index (Phi) is 24.3. The fourth-order valence-corrected chi connectivity index (χ4v) is 9.53. The van der Waals surface area contributed by atoms with Crippen molar-refractivity contribution in [3.05, 3.63) is 0 Å². The lowest BCUT2D eigenvalue weighted by atomic mass is 10.3. The summed E-state index contributed by atoms with van der Waals surface area (Å²) in [5.41, 5.74) is 0. The molecule has 0 aliphatic heterocycles. The molecule has 0 aromatic heterocycles. The Hall–Kier alpha value is 0.750. The molecule has 0 radical (unpaired) electrons. The first-order valence-electron chi connectivity index (χ1n) is 13.8. The first kappa shape index (κ1) is 34.9. The highest BCUT2D eigenvalue weighted by Crippen LogP contribution is 2.69. The standard InChI is InChI=1S/C26H60N4P.BrH/c1-9-15-21-28(22-16-10-2)31(27(7)8,29(23-17-11-3)24-18-12-4)30(25-19-13-5)26-20-14-6;/h9-26H2,1-8H3;1H/q+1;/p-1. The molecule has 0 aliphatic rings. The molecular formula is C26H60BrN4P. The normalized spacial score (nSPS) is 12.4. The third kappa shape index (κ3) is 11.5. The molecule has 0 unspecified atom stereocenters. The number of rotatable bonds is 22. The minimum atomic E-state index is -1.74. The molecule has 0 bridgehead atoms. The second-order valence-electron chi connectivity index (χ2n) is 9.37. The van der Waals surface area contributed by atoms with Crippen molar-refractivity contribution < 1.29 is 17.0 Å². The molecule has 6 heteroatoms. The van der Waals surface area contributed by atoms with Gasteiger partial charge >= 0.3 is 7.87 Å². The van der Waals surface area contributed by atoms with Gasteiger partial charge in [-0.05, 0) is 38.5 Å². The van der Waals surface area contributed by atoms with Crippen molar-refractivity contribution in [2.45, 2.75) is 119 Å². The maximum Gasteiger partial charge on any atom is 0.308 e. The Balaban J connectivity index is 0. The summed E-state index contributed by atoms with van der Waals surface area (Å²) in [7, 11) is 3.05. The van der Waals surface area contributed by atoms with Crippen LogP contribution in [0.2, 0.25) is 0 Å². The van der Waals surface area contributed by atoms with E-state index in [1.165, 1.54) is 116 Å². The molecule has 0 rings (SSSR count). The van der Waals surface area contributed by atoms with Gasteiger partial charge in [-0.25, -0.2) is 0 Å². The Labute approximate surface area is 215 Å². The third-order valence-corrected chi connectivity index (χ3v) is 10.8. The molecule has 0 aliphatic carbocycles. The van der Waals surface area contributed by atoms with Gasteiger partial charge in [-0.3, -0.25) is 0 Å². The molecule has 0 heterocycles. The molecule has 0 N–H and O–H groups in total. The van der Waals surface area contributed by atoms with Crippen LogP contribution in [0.25, 0.3) is 0 Å². The van der Waals surface area contributed by atoms with Gasteiger partial charge in [0.05, 0.1) is 0 Å². The van der Waals surface area contributed by atoms with Crippen LogP contribution < -0.4 is 17.0 Å². The summed E-state index contributed by atoms with van der Waals surface area (Å²) in [6, 6.07) is 0. The second-order valence-corrected chi connectivity index (χ2v) is 12.9. The molecule has 4 nitrogen and oxygen atoms in total. The van der Waals surface area contributed by atoms with Gasteiger partial charge in [-0.2, -0.15) is 0 Å². The summed E-state index contributed by atoms with van der Waals surface area (Å²) in [6.45, 7) is 21.6. The van der Waals surface area contributed by atoms with Crippen LogP contribution >= 0.6 is 7.87 Å².